The molecule has 1 aliphatic rings. The van der Waals surface area contributed by atoms with Crippen molar-refractivity contribution in [3.05, 3.63) is 47.5 Å². The molecule has 0 saturated carbocycles. The smallest absolute Gasteiger partial charge is 0.265 e. The van der Waals surface area contributed by atoms with E-state index in [0.29, 0.717) is 19.4 Å². The number of methoxy groups -OCH3 is 1. The Morgan fingerprint density at radius 3 is 2.62 bits per heavy atom. The molecule has 1 saturated heterocycles. The zero-order valence-corrected chi connectivity index (χ0v) is 19.5. The number of anilines is 2. The van der Waals surface area contributed by atoms with Crippen molar-refractivity contribution in [2.24, 2.45) is 0 Å². The fourth-order valence-corrected chi connectivity index (χ4v) is 5.15. The summed E-state index contributed by atoms with van der Waals surface area (Å²) < 4.78 is 33.7. The molecular formula is C22H26ClN3O5S. The molecule has 2 aromatic carbocycles. The van der Waals surface area contributed by atoms with Gasteiger partial charge in [0.25, 0.3) is 10.0 Å². The van der Waals surface area contributed by atoms with Crippen LogP contribution in [-0.4, -0.2) is 44.8 Å². The Morgan fingerprint density at radius 1 is 1.19 bits per heavy atom. The second-order valence-electron chi connectivity index (χ2n) is 7.39. The molecule has 0 aromatic heterocycles. The van der Waals surface area contributed by atoms with Gasteiger partial charge in [0.1, 0.15) is 16.7 Å². The van der Waals surface area contributed by atoms with Crippen molar-refractivity contribution in [1.29, 1.82) is 0 Å². The Morgan fingerprint density at radius 2 is 1.94 bits per heavy atom. The van der Waals surface area contributed by atoms with Gasteiger partial charge in [-0.1, -0.05) is 30.7 Å². The summed E-state index contributed by atoms with van der Waals surface area (Å²) in [7, 11) is -2.71. The van der Waals surface area contributed by atoms with Crippen LogP contribution in [-0.2, 0) is 19.6 Å². The summed E-state index contributed by atoms with van der Waals surface area (Å²) in [6.45, 7) is 2.30. The molecule has 3 rings (SSSR count). The zero-order chi connectivity index (χ0) is 23.3. The number of likely N-dealkylation sites (tertiary alicyclic amines) is 1. The van der Waals surface area contributed by atoms with E-state index >= 15 is 0 Å². The van der Waals surface area contributed by atoms with Gasteiger partial charge in [-0.05, 0) is 49.6 Å². The first-order chi connectivity index (χ1) is 15.3. The van der Waals surface area contributed by atoms with Crippen molar-refractivity contribution in [1.82, 2.24) is 4.90 Å². The fourth-order valence-electron chi connectivity index (χ4n) is 3.64. The number of ether oxygens (including phenoxy) is 1. The van der Waals surface area contributed by atoms with E-state index in [-0.39, 0.29) is 38.9 Å². The standard InChI is InChI=1S/C22H26ClN3O5S/c1-3-21(27)26-13-7-6-10-18(26)22(28)24-15-11-12-19(31-2)20(14-15)32(29,30)25-17-9-5-4-8-16(17)23/h4-5,8-9,11-12,14,18,25H,3,6-7,10,13H2,1-2H3,(H,24,28). The second-order valence-corrected chi connectivity index (χ2v) is 9.45. The number of para-hydroxylation sites is 1. The van der Waals surface area contributed by atoms with Crippen LogP contribution in [0.3, 0.4) is 0 Å². The SMILES string of the molecule is CCC(=O)N1CCCCC1C(=O)Nc1ccc(OC)c(S(=O)(=O)Nc2ccccc2Cl)c1. The van der Waals surface area contributed by atoms with Gasteiger partial charge < -0.3 is 15.0 Å². The van der Waals surface area contributed by atoms with E-state index in [1.807, 2.05) is 0 Å². The maximum atomic E-state index is 13.0. The number of rotatable bonds is 7. The van der Waals surface area contributed by atoms with E-state index in [0.717, 1.165) is 12.8 Å². The van der Waals surface area contributed by atoms with Crippen molar-refractivity contribution in [2.45, 2.75) is 43.5 Å². The van der Waals surface area contributed by atoms with E-state index in [4.69, 9.17) is 16.3 Å². The van der Waals surface area contributed by atoms with Crippen LogP contribution in [0, 0.1) is 0 Å². The van der Waals surface area contributed by atoms with Crippen molar-refractivity contribution < 1.29 is 22.7 Å². The monoisotopic (exact) mass is 479 g/mol. The summed E-state index contributed by atoms with van der Waals surface area (Å²) in [6, 6.07) is 10.2. The maximum absolute atomic E-state index is 13.0. The van der Waals surface area contributed by atoms with Crippen LogP contribution in [0.2, 0.25) is 5.02 Å². The number of carbonyl (C=O) groups is 2. The number of halogens is 1. The van der Waals surface area contributed by atoms with E-state index in [2.05, 4.69) is 10.0 Å². The Labute approximate surface area is 192 Å². The highest BCUT2D eigenvalue weighted by molar-refractivity contribution is 7.92. The number of amides is 2. The first kappa shape index (κ1) is 23.9. The predicted octanol–water partition coefficient (Wildman–Crippen LogP) is 3.88. The number of hydrogen-bond acceptors (Lipinski definition) is 5. The molecular weight excluding hydrogens is 454 g/mol. The molecule has 8 nitrogen and oxygen atoms in total. The molecule has 10 heteroatoms. The molecule has 1 atom stereocenters. The van der Waals surface area contributed by atoms with Crippen LogP contribution in [0.25, 0.3) is 0 Å². The van der Waals surface area contributed by atoms with E-state index in [1.54, 1.807) is 42.2 Å². The molecule has 1 fully saturated rings. The van der Waals surface area contributed by atoms with Gasteiger partial charge in [0.15, 0.2) is 0 Å². The lowest BCUT2D eigenvalue weighted by Crippen LogP contribution is -2.49. The Bertz CT molecular complexity index is 1110. The van der Waals surface area contributed by atoms with Gasteiger partial charge in [0, 0.05) is 18.7 Å². The van der Waals surface area contributed by atoms with Gasteiger partial charge in [0.05, 0.1) is 17.8 Å². The third kappa shape index (κ3) is 5.34. The summed E-state index contributed by atoms with van der Waals surface area (Å²) in [5.74, 6) is -0.311. The van der Waals surface area contributed by atoms with Gasteiger partial charge in [-0.25, -0.2) is 8.42 Å². The molecule has 0 bridgehead atoms. The topological polar surface area (TPSA) is 105 Å². The van der Waals surface area contributed by atoms with Crippen LogP contribution >= 0.6 is 11.6 Å². The average molecular weight is 480 g/mol. The second kappa shape index (κ2) is 10.2. The highest BCUT2D eigenvalue weighted by atomic mass is 35.5. The van der Waals surface area contributed by atoms with E-state index in [1.165, 1.54) is 19.2 Å². The van der Waals surface area contributed by atoms with E-state index < -0.39 is 16.1 Å². The van der Waals surface area contributed by atoms with Gasteiger partial charge in [-0.2, -0.15) is 0 Å². The van der Waals surface area contributed by atoms with Crippen LogP contribution in [0.1, 0.15) is 32.6 Å². The number of piperidine rings is 1. The fraction of sp³-hybridized carbons (Fsp3) is 0.364. The molecule has 2 N–H and O–H groups in total. The molecule has 1 aliphatic heterocycles. The van der Waals surface area contributed by atoms with Crippen LogP contribution in [0.5, 0.6) is 5.75 Å². The highest BCUT2D eigenvalue weighted by Crippen LogP contribution is 2.31. The molecule has 1 unspecified atom stereocenters. The minimum Gasteiger partial charge on any atom is -0.495 e. The summed E-state index contributed by atoms with van der Waals surface area (Å²) in [4.78, 5) is 26.6. The van der Waals surface area contributed by atoms with Gasteiger partial charge >= 0.3 is 0 Å². The summed E-state index contributed by atoms with van der Waals surface area (Å²) >= 11 is 6.08. The molecule has 32 heavy (non-hydrogen) atoms. The average Bonchev–Trinajstić information content (AvgIpc) is 2.80. The molecule has 0 aliphatic carbocycles. The molecule has 172 valence electrons. The van der Waals surface area contributed by atoms with Crippen molar-refractivity contribution in [3.8, 4) is 5.75 Å². The van der Waals surface area contributed by atoms with Gasteiger partial charge in [-0.3, -0.25) is 14.3 Å². The number of hydrogen-bond donors (Lipinski definition) is 2. The van der Waals surface area contributed by atoms with Crippen LogP contribution in [0.15, 0.2) is 47.4 Å². The van der Waals surface area contributed by atoms with Crippen molar-refractivity contribution >= 4 is 44.8 Å². The third-order valence-corrected chi connectivity index (χ3v) is 6.98. The zero-order valence-electron chi connectivity index (χ0n) is 17.9. The lowest BCUT2D eigenvalue weighted by Gasteiger charge is -2.34. The summed E-state index contributed by atoms with van der Waals surface area (Å²) in [5.41, 5.74) is 0.506. The third-order valence-electron chi connectivity index (χ3n) is 5.27. The Balaban J connectivity index is 1.86. The van der Waals surface area contributed by atoms with Gasteiger partial charge in [0.2, 0.25) is 11.8 Å². The van der Waals surface area contributed by atoms with E-state index in [9.17, 15) is 18.0 Å². The largest absolute Gasteiger partial charge is 0.495 e. The minimum absolute atomic E-state index is 0.0770. The lowest BCUT2D eigenvalue weighted by atomic mass is 10.0. The molecule has 0 spiro atoms. The molecule has 1 heterocycles. The molecule has 2 amide bonds. The number of nitrogens with one attached hydrogen (secondary N) is 2. The first-order valence-electron chi connectivity index (χ1n) is 10.3. The van der Waals surface area contributed by atoms with Gasteiger partial charge in [-0.15, -0.1) is 0 Å². The van der Waals surface area contributed by atoms with Crippen molar-refractivity contribution in [2.75, 3.05) is 23.7 Å². The Hall–Kier alpha value is -2.78. The quantitative estimate of drug-likeness (QED) is 0.627. The summed E-state index contributed by atoms with van der Waals surface area (Å²) in [6.07, 6.45) is 2.58. The normalized spacial score (nSPS) is 16.3. The summed E-state index contributed by atoms with van der Waals surface area (Å²) in [5, 5.41) is 3.00. The Kier molecular flexibility index (Phi) is 7.63. The highest BCUT2D eigenvalue weighted by Gasteiger charge is 2.31. The molecule has 0 radical (unpaired) electrons. The first-order valence-corrected chi connectivity index (χ1v) is 12.2. The molecule has 2 aromatic rings. The number of sulfonamides is 1. The maximum Gasteiger partial charge on any atom is 0.265 e. The number of nitrogens with zero attached hydrogens (tertiary/aromatic N) is 1. The van der Waals surface area contributed by atoms with Crippen molar-refractivity contribution in [3.63, 3.8) is 0 Å². The minimum atomic E-state index is -4.07. The number of benzene rings is 2. The lowest BCUT2D eigenvalue weighted by molar-refractivity contribution is -0.140. The number of carbonyl (C=O) groups excluding carboxylic acids is 2. The van der Waals surface area contributed by atoms with Crippen LogP contribution < -0.4 is 14.8 Å². The van der Waals surface area contributed by atoms with Crippen LogP contribution in [0.4, 0.5) is 11.4 Å². The predicted molar refractivity (Wildman–Crippen MR) is 124 cm³/mol.